The fourth-order valence-electron chi connectivity index (χ4n) is 3.00. The zero-order chi connectivity index (χ0) is 20.9. The van der Waals surface area contributed by atoms with Gasteiger partial charge in [0.05, 0.1) is 25.1 Å². The van der Waals surface area contributed by atoms with Crippen LogP contribution in [0.25, 0.3) is 0 Å². The van der Waals surface area contributed by atoms with Crippen molar-refractivity contribution in [1.29, 1.82) is 0 Å². The number of phenols is 1. The highest BCUT2D eigenvalue weighted by molar-refractivity contribution is 7.54. The molecule has 0 unspecified atom stereocenters. The van der Waals surface area contributed by atoms with Crippen molar-refractivity contribution in [2.75, 3.05) is 24.4 Å². The number of pyridine rings is 1. The first-order valence-electron chi connectivity index (χ1n) is 9.51. The number of hydrogen-bond donors (Lipinski definition) is 1. The van der Waals surface area contributed by atoms with Crippen LogP contribution in [0.2, 0.25) is 0 Å². The predicted octanol–water partition coefficient (Wildman–Crippen LogP) is 5.75. The number of aromatic nitrogens is 1. The van der Waals surface area contributed by atoms with Gasteiger partial charge in [-0.25, -0.2) is 0 Å². The Bertz CT molecular complexity index is 824. The van der Waals surface area contributed by atoms with E-state index in [9.17, 15) is 9.67 Å². The maximum Gasteiger partial charge on any atom is 0.350 e. The summed E-state index contributed by atoms with van der Waals surface area (Å²) in [6, 6.07) is 7.53. The number of nitrogens with zero attached hydrogens (tertiary/aromatic N) is 2. The number of hydrogen-bond acceptors (Lipinski definition) is 6. The largest absolute Gasteiger partial charge is 0.507 e. The first-order valence-corrected chi connectivity index (χ1v) is 11.2. The molecule has 1 heterocycles. The lowest BCUT2D eigenvalue weighted by atomic mass is 9.85. The summed E-state index contributed by atoms with van der Waals surface area (Å²) in [6.07, 6.45) is 3.45. The number of benzene rings is 1. The maximum atomic E-state index is 13.2. The Morgan fingerprint density at radius 3 is 2.29 bits per heavy atom. The average molecular weight is 406 g/mol. The molecule has 0 saturated carbocycles. The van der Waals surface area contributed by atoms with Gasteiger partial charge in [-0.2, -0.15) is 0 Å². The second-order valence-corrected chi connectivity index (χ2v) is 9.66. The molecule has 0 aliphatic heterocycles. The van der Waals surface area contributed by atoms with Crippen LogP contribution < -0.4 is 4.90 Å². The molecule has 6 nitrogen and oxygen atoms in total. The van der Waals surface area contributed by atoms with Crippen molar-refractivity contribution in [3.63, 3.8) is 0 Å². The Balaban J connectivity index is 2.61. The molecule has 0 saturated heterocycles. The number of aryl methyl sites for hydroxylation is 1. The number of anilines is 2. The van der Waals surface area contributed by atoms with E-state index in [1.165, 1.54) is 0 Å². The van der Waals surface area contributed by atoms with Crippen molar-refractivity contribution in [2.24, 2.45) is 0 Å². The minimum absolute atomic E-state index is 0.0498. The van der Waals surface area contributed by atoms with Gasteiger partial charge < -0.3 is 19.1 Å². The fourth-order valence-corrected chi connectivity index (χ4v) is 4.70. The molecule has 0 amide bonds. The normalized spacial score (nSPS) is 12.2. The van der Waals surface area contributed by atoms with E-state index in [1.54, 1.807) is 26.2 Å². The lowest BCUT2D eigenvalue weighted by molar-refractivity contribution is 0.220. The van der Waals surface area contributed by atoms with Crippen LogP contribution in [-0.2, 0) is 19.0 Å². The van der Waals surface area contributed by atoms with E-state index in [1.807, 2.05) is 56.9 Å². The van der Waals surface area contributed by atoms with Crippen molar-refractivity contribution in [2.45, 2.75) is 47.0 Å². The van der Waals surface area contributed by atoms with Crippen LogP contribution in [0.1, 0.15) is 45.7 Å². The summed E-state index contributed by atoms with van der Waals surface area (Å²) in [5.74, 6) is 0.278. The van der Waals surface area contributed by atoms with Gasteiger partial charge in [0.1, 0.15) is 12.0 Å². The third kappa shape index (κ3) is 5.34. The molecule has 0 aliphatic carbocycles. The summed E-state index contributed by atoms with van der Waals surface area (Å²) in [5.41, 5.74) is 2.88. The molecule has 0 radical (unpaired) electrons. The molecular weight excluding hydrogens is 375 g/mol. The SMILES string of the molecule is CCOP(=O)(CN(c1cccnc1)c1cc(C)c(O)c(C(C)(C)C)c1)OCC. The molecule has 0 bridgehead atoms. The number of rotatable bonds is 8. The van der Waals surface area contributed by atoms with Crippen LogP contribution in [0.15, 0.2) is 36.7 Å². The zero-order valence-corrected chi connectivity index (χ0v) is 18.5. The fraction of sp³-hybridized carbons (Fsp3) is 0.476. The van der Waals surface area contributed by atoms with Crippen LogP contribution in [0.4, 0.5) is 11.4 Å². The lowest BCUT2D eigenvalue weighted by Crippen LogP contribution is -2.22. The number of phenolic OH excluding ortho intramolecular Hbond substituents is 1. The molecule has 28 heavy (non-hydrogen) atoms. The standard InChI is InChI=1S/C21H31N2O4P/c1-7-26-28(25,27-8-2)15-23(17-10-9-11-22-14-17)18-12-16(3)20(24)19(13-18)21(4,5)6/h9-14,24H,7-8,15H2,1-6H3. The van der Waals surface area contributed by atoms with Crippen molar-refractivity contribution < 1.29 is 18.7 Å². The van der Waals surface area contributed by atoms with E-state index in [-0.39, 0.29) is 17.5 Å². The molecule has 1 aromatic heterocycles. The molecule has 2 rings (SSSR count). The zero-order valence-electron chi connectivity index (χ0n) is 17.6. The van der Waals surface area contributed by atoms with Gasteiger partial charge in [0, 0.05) is 17.4 Å². The molecular formula is C21H31N2O4P. The van der Waals surface area contributed by atoms with Crippen LogP contribution in [0.5, 0.6) is 5.75 Å². The van der Waals surface area contributed by atoms with E-state index < -0.39 is 7.60 Å². The van der Waals surface area contributed by atoms with Gasteiger partial charge in [0.25, 0.3) is 0 Å². The van der Waals surface area contributed by atoms with Crippen molar-refractivity contribution in [3.8, 4) is 5.75 Å². The first-order chi connectivity index (χ1) is 13.1. The Morgan fingerprint density at radius 2 is 1.79 bits per heavy atom. The van der Waals surface area contributed by atoms with E-state index in [2.05, 4.69) is 4.98 Å². The third-order valence-corrected chi connectivity index (χ3v) is 6.26. The first kappa shape index (κ1) is 22.4. The molecule has 0 spiro atoms. The van der Waals surface area contributed by atoms with Gasteiger partial charge >= 0.3 is 7.60 Å². The minimum atomic E-state index is -3.35. The quantitative estimate of drug-likeness (QED) is 0.563. The lowest BCUT2D eigenvalue weighted by Gasteiger charge is -2.31. The summed E-state index contributed by atoms with van der Waals surface area (Å²) < 4.78 is 24.3. The molecule has 1 aromatic carbocycles. The second-order valence-electron chi connectivity index (χ2n) is 7.64. The van der Waals surface area contributed by atoms with Crippen molar-refractivity contribution in [1.82, 2.24) is 4.98 Å². The Morgan fingerprint density at radius 1 is 1.14 bits per heavy atom. The predicted molar refractivity (Wildman–Crippen MR) is 114 cm³/mol. The van der Waals surface area contributed by atoms with Crippen LogP contribution in [0.3, 0.4) is 0 Å². The van der Waals surface area contributed by atoms with E-state index in [4.69, 9.17) is 9.05 Å². The Labute approximate surface area is 168 Å². The highest BCUT2D eigenvalue weighted by atomic mass is 31.2. The molecule has 0 aliphatic rings. The third-order valence-electron chi connectivity index (χ3n) is 4.33. The van der Waals surface area contributed by atoms with Gasteiger partial charge in [-0.3, -0.25) is 9.55 Å². The molecule has 1 N–H and O–H groups in total. The summed E-state index contributed by atoms with van der Waals surface area (Å²) >= 11 is 0. The average Bonchev–Trinajstić information content (AvgIpc) is 2.62. The topological polar surface area (TPSA) is 71.9 Å². The summed E-state index contributed by atoms with van der Waals surface area (Å²) in [7, 11) is -3.35. The van der Waals surface area contributed by atoms with Crippen molar-refractivity contribution >= 4 is 19.0 Å². The molecule has 154 valence electrons. The highest BCUT2D eigenvalue weighted by Crippen LogP contribution is 2.51. The maximum absolute atomic E-state index is 13.2. The van der Waals surface area contributed by atoms with Gasteiger partial charge in [0.2, 0.25) is 0 Å². The smallest absolute Gasteiger partial charge is 0.350 e. The van der Waals surface area contributed by atoms with Gasteiger partial charge in [0.15, 0.2) is 0 Å². The monoisotopic (exact) mass is 406 g/mol. The van der Waals surface area contributed by atoms with E-state index in [0.717, 1.165) is 22.5 Å². The molecule has 0 atom stereocenters. The van der Waals surface area contributed by atoms with E-state index >= 15 is 0 Å². The highest BCUT2D eigenvalue weighted by Gasteiger charge is 2.30. The molecule has 7 heteroatoms. The van der Waals surface area contributed by atoms with Crippen LogP contribution in [0, 0.1) is 6.92 Å². The molecule has 0 fully saturated rings. The van der Waals surface area contributed by atoms with E-state index in [0.29, 0.717) is 13.2 Å². The van der Waals surface area contributed by atoms with Crippen LogP contribution >= 0.6 is 7.60 Å². The molecule has 2 aromatic rings. The summed E-state index contributed by atoms with van der Waals surface area (Å²) in [5, 5.41) is 10.6. The van der Waals surface area contributed by atoms with Gasteiger partial charge in [-0.1, -0.05) is 20.8 Å². The second kappa shape index (κ2) is 9.08. The van der Waals surface area contributed by atoms with Crippen LogP contribution in [-0.4, -0.2) is 29.6 Å². The summed E-state index contributed by atoms with van der Waals surface area (Å²) in [4.78, 5) is 6.08. The van der Waals surface area contributed by atoms with Gasteiger partial charge in [-0.15, -0.1) is 0 Å². The minimum Gasteiger partial charge on any atom is -0.507 e. The van der Waals surface area contributed by atoms with Gasteiger partial charge in [-0.05, 0) is 56.0 Å². The number of aromatic hydroxyl groups is 1. The Hall–Kier alpha value is -1.88. The van der Waals surface area contributed by atoms with Crippen molar-refractivity contribution in [3.05, 3.63) is 47.8 Å². The Kier molecular flexibility index (Phi) is 7.27. The summed E-state index contributed by atoms with van der Waals surface area (Å²) in [6.45, 7) is 12.2.